The van der Waals surface area contributed by atoms with Crippen LogP contribution in [0.3, 0.4) is 0 Å². The van der Waals surface area contributed by atoms with Crippen LogP contribution in [0.15, 0.2) is 16.5 Å². The highest BCUT2D eigenvalue weighted by Crippen LogP contribution is 2.07. The molecule has 1 aromatic heterocycles. The molecular formula is C11H16N2O. The van der Waals surface area contributed by atoms with Crippen molar-refractivity contribution in [2.24, 2.45) is 0 Å². The molecule has 1 unspecified atom stereocenters. The Morgan fingerprint density at radius 3 is 2.79 bits per heavy atom. The van der Waals surface area contributed by atoms with Gasteiger partial charge in [0.15, 0.2) is 0 Å². The van der Waals surface area contributed by atoms with E-state index in [0.29, 0.717) is 0 Å². The molecule has 0 radical (unpaired) electrons. The maximum absolute atomic E-state index is 8.69. The molecule has 0 spiro atoms. The van der Waals surface area contributed by atoms with Crippen molar-refractivity contribution in [3.05, 3.63) is 23.7 Å². The summed E-state index contributed by atoms with van der Waals surface area (Å²) in [6.45, 7) is 4.68. The Kier molecular flexibility index (Phi) is 3.73. The van der Waals surface area contributed by atoms with Crippen LogP contribution in [-0.2, 0) is 6.42 Å². The van der Waals surface area contributed by atoms with Gasteiger partial charge < -0.3 is 4.42 Å². The molecule has 1 rings (SSSR count). The van der Waals surface area contributed by atoms with Crippen LogP contribution >= 0.6 is 0 Å². The summed E-state index contributed by atoms with van der Waals surface area (Å²) >= 11 is 0. The molecule has 0 aromatic carbocycles. The van der Waals surface area contributed by atoms with Crippen LogP contribution < -0.4 is 0 Å². The van der Waals surface area contributed by atoms with Crippen LogP contribution in [0.4, 0.5) is 0 Å². The molecule has 0 amide bonds. The predicted octanol–water partition coefficient (Wildman–Crippen LogP) is 1.97. The van der Waals surface area contributed by atoms with Gasteiger partial charge in [-0.25, -0.2) is 0 Å². The number of nitriles is 1. The summed E-state index contributed by atoms with van der Waals surface area (Å²) in [6, 6.07) is 6.11. The van der Waals surface area contributed by atoms with E-state index in [2.05, 4.69) is 6.07 Å². The van der Waals surface area contributed by atoms with E-state index in [0.717, 1.165) is 24.5 Å². The molecular weight excluding hydrogens is 176 g/mol. The van der Waals surface area contributed by atoms with Gasteiger partial charge in [0, 0.05) is 13.0 Å². The summed E-state index contributed by atoms with van der Waals surface area (Å²) in [5, 5.41) is 8.69. The van der Waals surface area contributed by atoms with E-state index in [9.17, 15) is 0 Å². The molecule has 0 aliphatic rings. The molecule has 1 aromatic rings. The minimum atomic E-state index is -0.0361. The third-order valence-electron chi connectivity index (χ3n) is 2.35. The van der Waals surface area contributed by atoms with E-state index in [1.165, 1.54) is 0 Å². The highest BCUT2D eigenvalue weighted by Gasteiger charge is 2.08. The number of rotatable bonds is 4. The lowest BCUT2D eigenvalue weighted by Crippen LogP contribution is -2.29. The second-order valence-electron chi connectivity index (χ2n) is 3.55. The summed E-state index contributed by atoms with van der Waals surface area (Å²) in [6.07, 6.45) is 0.857. The zero-order valence-electron chi connectivity index (χ0n) is 8.95. The Balaban J connectivity index is 2.38. The van der Waals surface area contributed by atoms with Gasteiger partial charge in [0.1, 0.15) is 11.5 Å². The molecule has 1 heterocycles. The van der Waals surface area contributed by atoms with Crippen molar-refractivity contribution >= 4 is 0 Å². The zero-order valence-corrected chi connectivity index (χ0v) is 8.95. The van der Waals surface area contributed by atoms with Gasteiger partial charge in [0.2, 0.25) is 0 Å². The molecule has 14 heavy (non-hydrogen) atoms. The number of nitrogens with zero attached hydrogens (tertiary/aromatic N) is 2. The van der Waals surface area contributed by atoms with Crippen LogP contribution in [0.2, 0.25) is 0 Å². The molecule has 0 aliphatic carbocycles. The van der Waals surface area contributed by atoms with Gasteiger partial charge in [-0.2, -0.15) is 5.26 Å². The molecule has 1 atom stereocenters. The second-order valence-corrected chi connectivity index (χ2v) is 3.55. The summed E-state index contributed by atoms with van der Waals surface area (Å²) in [5.41, 5.74) is 0. The quantitative estimate of drug-likeness (QED) is 0.732. The maximum Gasteiger partial charge on any atom is 0.105 e. The lowest BCUT2D eigenvalue weighted by atomic mass is 10.2. The fourth-order valence-corrected chi connectivity index (χ4v) is 1.20. The number of hydrogen-bond acceptors (Lipinski definition) is 3. The number of aryl methyl sites for hydroxylation is 1. The zero-order chi connectivity index (χ0) is 10.6. The maximum atomic E-state index is 8.69. The van der Waals surface area contributed by atoms with Crippen LogP contribution in [0.5, 0.6) is 0 Å². The Morgan fingerprint density at radius 2 is 2.29 bits per heavy atom. The molecule has 3 nitrogen and oxygen atoms in total. The fraction of sp³-hybridized carbons (Fsp3) is 0.545. The molecule has 0 saturated heterocycles. The molecule has 0 fully saturated rings. The Bertz CT molecular complexity index is 324. The van der Waals surface area contributed by atoms with Crippen molar-refractivity contribution < 1.29 is 4.42 Å². The van der Waals surface area contributed by atoms with Gasteiger partial charge in [0.05, 0.1) is 12.1 Å². The number of likely N-dealkylation sites (N-methyl/N-ethyl adjacent to an activating group) is 1. The molecule has 76 valence electrons. The van der Waals surface area contributed by atoms with Gasteiger partial charge >= 0.3 is 0 Å². The van der Waals surface area contributed by atoms with E-state index in [4.69, 9.17) is 9.68 Å². The minimum Gasteiger partial charge on any atom is -0.466 e. The lowest BCUT2D eigenvalue weighted by molar-refractivity contribution is 0.297. The number of furan rings is 1. The van der Waals surface area contributed by atoms with Crippen molar-refractivity contribution in [1.29, 1.82) is 5.26 Å². The van der Waals surface area contributed by atoms with Crippen LogP contribution in [0.25, 0.3) is 0 Å². The largest absolute Gasteiger partial charge is 0.466 e. The summed E-state index contributed by atoms with van der Waals surface area (Å²) in [4.78, 5) is 2.01. The minimum absolute atomic E-state index is 0.0361. The van der Waals surface area contributed by atoms with Crippen molar-refractivity contribution in [1.82, 2.24) is 4.90 Å². The van der Waals surface area contributed by atoms with Gasteiger partial charge in [-0.1, -0.05) is 0 Å². The SMILES string of the molecule is Cc1ccc(CCN(C)C(C)C#N)o1. The first-order valence-electron chi connectivity index (χ1n) is 4.78. The van der Waals surface area contributed by atoms with Gasteiger partial charge in [-0.15, -0.1) is 0 Å². The Morgan fingerprint density at radius 1 is 1.57 bits per heavy atom. The molecule has 0 bridgehead atoms. The van der Waals surface area contributed by atoms with Crippen LogP contribution in [-0.4, -0.2) is 24.5 Å². The Hall–Kier alpha value is -1.27. The standard InChI is InChI=1S/C11H16N2O/c1-9(8-12)13(3)7-6-11-5-4-10(2)14-11/h4-5,9H,6-7H2,1-3H3. The van der Waals surface area contributed by atoms with Crippen molar-refractivity contribution in [3.8, 4) is 6.07 Å². The normalized spacial score (nSPS) is 12.8. The second kappa shape index (κ2) is 4.83. The molecule has 0 saturated carbocycles. The average molecular weight is 192 g/mol. The van der Waals surface area contributed by atoms with E-state index in [1.54, 1.807) is 0 Å². The van der Waals surface area contributed by atoms with E-state index in [-0.39, 0.29) is 6.04 Å². The van der Waals surface area contributed by atoms with E-state index in [1.807, 2.05) is 37.9 Å². The first-order chi connectivity index (χ1) is 6.63. The third-order valence-corrected chi connectivity index (χ3v) is 2.35. The molecule has 0 N–H and O–H groups in total. The molecule has 0 aliphatic heterocycles. The first kappa shape index (κ1) is 10.8. The third kappa shape index (κ3) is 2.90. The average Bonchev–Trinajstić information content (AvgIpc) is 2.59. The van der Waals surface area contributed by atoms with Crippen molar-refractivity contribution in [2.75, 3.05) is 13.6 Å². The van der Waals surface area contributed by atoms with Gasteiger partial charge in [-0.3, -0.25) is 4.90 Å². The van der Waals surface area contributed by atoms with E-state index < -0.39 is 0 Å². The lowest BCUT2D eigenvalue weighted by Gasteiger charge is -2.17. The summed E-state index contributed by atoms with van der Waals surface area (Å²) in [5.74, 6) is 1.93. The number of hydrogen-bond donors (Lipinski definition) is 0. The van der Waals surface area contributed by atoms with Gasteiger partial charge in [-0.05, 0) is 33.0 Å². The smallest absolute Gasteiger partial charge is 0.105 e. The first-order valence-corrected chi connectivity index (χ1v) is 4.78. The highest BCUT2D eigenvalue weighted by atomic mass is 16.3. The summed E-state index contributed by atoms with van der Waals surface area (Å²) in [7, 11) is 1.95. The predicted molar refractivity (Wildman–Crippen MR) is 54.9 cm³/mol. The Labute approximate surface area is 84.9 Å². The summed E-state index contributed by atoms with van der Waals surface area (Å²) < 4.78 is 5.44. The van der Waals surface area contributed by atoms with Crippen molar-refractivity contribution in [3.63, 3.8) is 0 Å². The van der Waals surface area contributed by atoms with Crippen molar-refractivity contribution in [2.45, 2.75) is 26.3 Å². The highest BCUT2D eigenvalue weighted by molar-refractivity contribution is 5.06. The molecule has 3 heteroatoms. The topological polar surface area (TPSA) is 40.2 Å². The van der Waals surface area contributed by atoms with E-state index >= 15 is 0 Å². The monoisotopic (exact) mass is 192 g/mol. The van der Waals surface area contributed by atoms with Crippen LogP contribution in [0.1, 0.15) is 18.4 Å². The van der Waals surface area contributed by atoms with Crippen LogP contribution in [0, 0.1) is 18.3 Å². The van der Waals surface area contributed by atoms with Gasteiger partial charge in [0.25, 0.3) is 0 Å². The fourth-order valence-electron chi connectivity index (χ4n) is 1.20.